The van der Waals surface area contributed by atoms with Gasteiger partial charge in [0.25, 0.3) is 0 Å². The van der Waals surface area contributed by atoms with Gasteiger partial charge in [0.1, 0.15) is 0 Å². The van der Waals surface area contributed by atoms with Crippen molar-refractivity contribution in [3.63, 3.8) is 0 Å². The van der Waals surface area contributed by atoms with E-state index >= 15 is 0 Å². The van der Waals surface area contributed by atoms with Crippen molar-refractivity contribution in [1.29, 1.82) is 0 Å². The highest BCUT2D eigenvalue weighted by Gasteiger charge is 2.19. The molecule has 1 fully saturated rings. The minimum atomic E-state index is -0.388. The van der Waals surface area contributed by atoms with E-state index in [4.69, 9.17) is 10.5 Å². The lowest BCUT2D eigenvalue weighted by Crippen LogP contribution is -2.40. The summed E-state index contributed by atoms with van der Waals surface area (Å²) in [6, 6.07) is 5.86. The number of hydrogen-bond acceptors (Lipinski definition) is 3. The first-order valence-corrected chi connectivity index (χ1v) is 4.92. The number of rotatable bonds is 3. The van der Waals surface area contributed by atoms with E-state index in [1.54, 1.807) is 6.07 Å². The first-order valence-electron chi connectivity index (χ1n) is 4.92. The number of carbonyl (C=O) groups excluding carboxylic acids is 1. The maximum Gasteiger partial charge on any atom is 0.249 e. The van der Waals surface area contributed by atoms with Gasteiger partial charge in [-0.15, -0.1) is 0 Å². The molecule has 1 heterocycles. The van der Waals surface area contributed by atoms with E-state index in [0.717, 1.165) is 24.5 Å². The SMILES string of the molecule is Cc1c(NC2COC2)cccc1C(N)=O. The smallest absolute Gasteiger partial charge is 0.249 e. The van der Waals surface area contributed by atoms with E-state index in [9.17, 15) is 4.79 Å². The first kappa shape index (κ1) is 9.98. The van der Waals surface area contributed by atoms with Gasteiger partial charge in [0.05, 0.1) is 19.3 Å². The minimum Gasteiger partial charge on any atom is -0.377 e. The summed E-state index contributed by atoms with van der Waals surface area (Å²) in [5.74, 6) is -0.388. The van der Waals surface area contributed by atoms with Crippen molar-refractivity contribution in [3.05, 3.63) is 29.3 Å². The molecule has 4 heteroatoms. The van der Waals surface area contributed by atoms with Crippen LogP contribution in [-0.4, -0.2) is 25.2 Å². The van der Waals surface area contributed by atoms with Gasteiger partial charge in [-0.05, 0) is 24.6 Å². The predicted molar refractivity (Wildman–Crippen MR) is 57.9 cm³/mol. The summed E-state index contributed by atoms with van der Waals surface area (Å²) in [6.07, 6.45) is 0. The highest BCUT2D eigenvalue weighted by molar-refractivity contribution is 5.95. The van der Waals surface area contributed by atoms with Crippen LogP contribution in [0.3, 0.4) is 0 Å². The van der Waals surface area contributed by atoms with Crippen LogP contribution in [0.25, 0.3) is 0 Å². The fraction of sp³-hybridized carbons (Fsp3) is 0.364. The fourth-order valence-corrected chi connectivity index (χ4v) is 1.60. The molecule has 1 amide bonds. The van der Waals surface area contributed by atoms with Crippen LogP contribution in [0.4, 0.5) is 5.69 Å². The second-order valence-corrected chi connectivity index (χ2v) is 3.72. The lowest BCUT2D eigenvalue weighted by molar-refractivity contribution is 0.0211. The van der Waals surface area contributed by atoms with Gasteiger partial charge in [0.15, 0.2) is 0 Å². The van der Waals surface area contributed by atoms with E-state index < -0.39 is 0 Å². The number of amides is 1. The molecule has 0 aromatic heterocycles. The maximum atomic E-state index is 11.1. The molecule has 4 nitrogen and oxygen atoms in total. The summed E-state index contributed by atoms with van der Waals surface area (Å²) < 4.78 is 5.07. The minimum absolute atomic E-state index is 0.354. The number of benzene rings is 1. The molecule has 1 aliphatic heterocycles. The van der Waals surface area contributed by atoms with Crippen molar-refractivity contribution in [1.82, 2.24) is 0 Å². The number of ether oxygens (including phenoxy) is 1. The third kappa shape index (κ3) is 1.94. The van der Waals surface area contributed by atoms with Gasteiger partial charge in [-0.2, -0.15) is 0 Å². The number of hydrogen-bond donors (Lipinski definition) is 2. The summed E-state index contributed by atoms with van der Waals surface area (Å²) in [5, 5.41) is 3.31. The molecule has 1 saturated heterocycles. The summed E-state index contributed by atoms with van der Waals surface area (Å²) in [6.45, 7) is 3.34. The molecule has 0 radical (unpaired) electrons. The zero-order valence-electron chi connectivity index (χ0n) is 8.62. The standard InChI is InChI=1S/C11H14N2O2/c1-7-9(11(12)14)3-2-4-10(7)13-8-5-15-6-8/h2-4,8,13H,5-6H2,1H3,(H2,12,14). The van der Waals surface area contributed by atoms with E-state index in [2.05, 4.69) is 5.32 Å². The number of anilines is 1. The van der Waals surface area contributed by atoms with Crippen LogP contribution in [0.1, 0.15) is 15.9 Å². The summed E-state index contributed by atoms with van der Waals surface area (Å²) in [4.78, 5) is 11.1. The van der Waals surface area contributed by atoms with Crippen molar-refractivity contribution >= 4 is 11.6 Å². The van der Waals surface area contributed by atoms with Crippen molar-refractivity contribution in [3.8, 4) is 0 Å². The Morgan fingerprint density at radius 1 is 1.53 bits per heavy atom. The van der Waals surface area contributed by atoms with E-state index in [1.807, 2.05) is 19.1 Å². The molecule has 0 atom stereocenters. The van der Waals surface area contributed by atoms with Gasteiger partial charge in [0.2, 0.25) is 5.91 Å². The number of primary amides is 1. The molecule has 3 N–H and O–H groups in total. The van der Waals surface area contributed by atoms with Crippen LogP contribution in [-0.2, 0) is 4.74 Å². The Morgan fingerprint density at radius 3 is 2.80 bits per heavy atom. The van der Waals surface area contributed by atoms with Crippen molar-refractivity contribution in [2.75, 3.05) is 18.5 Å². The van der Waals surface area contributed by atoms with E-state index in [1.165, 1.54) is 0 Å². The van der Waals surface area contributed by atoms with Crippen LogP contribution in [0.5, 0.6) is 0 Å². The summed E-state index contributed by atoms with van der Waals surface area (Å²) in [7, 11) is 0. The quantitative estimate of drug-likeness (QED) is 0.772. The van der Waals surface area contributed by atoms with Crippen molar-refractivity contribution in [2.45, 2.75) is 13.0 Å². The lowest BCUT2D eigenvalue weighted by Gasteiger charge is -2.28. The van der Waals surface area contributed by atoms with Crippen LogP contribution in [0, 0.1) is 6.92 Å². The van der Waals surface area contributed by atoms with Crippen LogP contribution >= 0.6 is 0 Å². The Hall–Kier alpha value is -1.55. The normalized spacial score (nSPS) is 15.8. The van der Waals surface area contributed by atoms with Gasteiger partial charge in [0, 0.05) is 11.3 Å². The number of nitrogens with two attached hydrogens (primary N) is 1. The van der Waals surface area contributed by atoms with Crippen LogP contribution < -0.4 is 11.1 Å². The van der Waals surface area contributed by atoms with E-state index in [0.29, 0.717) is 11.6 Å². The van der Waals surface area contributed by atoms with Gasteiger partial charge in [-0.1, -0.05) is 6.07 Å². The molecule has 0 aliphatic carbocycles. The van der Waals surface area contributed by atoms with Crippen LogP contribution in [0.15, 0.2) is 18.2 Å². The molecule has 2 rings (SSSR count). The van der Waals surface area contributed by atoms with E-state index in [-0.39, 0.29) is 5.91 Å². The molecule has 0 bridgehead atoms. The van der Waals surface area contributed by atoms with Gasteiger partial charge in [-0.25, -0.2) is 0 Å². The van der Waals surface area contributed by atoms with Crippen molar-refractivity contribution < 1.29 is 9.53 Å². The molecule has 1 aliphatic rings. The van der Waals surface area contributed by atoms with Gasteiger partial charge < -0.3 is 15.8 Å². The Morgan fingerprint density at radius 2 is 2.27 bits per heavy atom. The largest absolute Gasteiger partial charge is 0.377 e. The average Bonchev–Trinajstić information content (AvgIpc) is 2.13. The molecule has 0 unspecified atom stereocenters. The molecule has 0 saturated carbocycles. The lowest BCUT2D eigenvalue weighted by atomic mass is 10.1. The number of carbonyl (C=O) groups is 1. The Kier molecular flexibility index (Phi) is 2.60. The van der Waals surface area contributed by atoms with Gasteiger partial charge >= 0.3 is 0 Å². The molecular formula is C11H14N2O2. The second kappa shape index (κ2) is 3.90. The Balaban J connectivity index is 2.22. The topological polar surface area (TPSA) is 64.3 Å². The third-order valence-corrected chi connectivity index (χ3v) is 2.60. The Labute approximate surface area is 88.4 Å². The molecule has 15 heavy (non-hydrogen) atoms. The summed E-state index contributed by atoms with van der Waals surface area (Å²) >= 11 is 0. The monoisotopic (exact) mass is 206 g/mol. The van der Waals surface area contributed by atoms with Crippen molar-refractivity contribution in [2.24, 2.45) is 5.73 Å². The van der Waals surface area contributed by atoms with Gasteiger partial charge in [-0.3, -0.25) is 4.79 Å². The molecule has 1 aromatic rings. The summed E-state index contributed by atoms with van der Waals surface area (Å²) in [5.41, 5.74) is 7.70. The molecular weight excluding hydrogens is 192 g/mol. The maximum absolute atomic E-state index is 11.1. The zero-order chi connectivity index (χ0) is 10.8. The Bertz CT molecular complexity index is 386. The highest BCUT2D eigenvalue weighted by atomic mass is 16.5. The second-order valence-electron chi connectivity index (χ2n) is 3.72. The highest BCUT2D eigenvalue weighted by Crippen LogP contribution is 2.20. The van der Waals surface area contributed by atoms with Crippen LogP contribution in [0.2, 0.25) is 0 Å². The fourth-order valence-electron chi connectivity index (χ4n) is 1.60. The molecule has 0 spiro atoms. The molecule has 80 valence electrons. The average molecular weight is 206 g/mol. The zero-order valence-corrected chi connectivity index (χ0v) is 8.62. The third-order valence-electron chi connectivity index (χ3n) is 2.60. The predicted octanol–water partition coefficient (Wildman–Crippen LogP) is 0.905. The number of nitrogens with one attached hydrogen (secondary N) is 1. The molecule has 1 aromatic carbocycles. The first-order chi connectivity index (χ1) is 7.18.